The molecule has 0 amide bonds. The summed E-state index contributed by atoms with van der Waals surface area (Å²) in [5.41, 5.74) is 2.25. The van der Waals surface area contributed by atoms with E-state index in [0.29, 0.717) is 27.9 Å². The molecule has 26 heavy (non-hydrogen) atoms. The molecule has 132 valence electrons. The first-order valence-electron chi connectivity index (χ1n) is 7.93. The molecule has 2 aromatic carbocycles. The summed E-state index contributed by atoms with van der Waals surface area (Å²) in [5, 5.41) is 9.65. The number of oxime groups is 1. The minimum absolute atomic E-state index is 0.162. The molecule has 0 spiro atoms. The van der Waals surface area contributed by atoms with Gasteiger partial charge in [0.15, 0.2) is 0 Å². The van der Waals surface area contributed by atoms with Crippen LogP contribution < -0.4 is 4.74 Å². The zero-order valence-electron chi connectivity index (χ0n) is 13.5. The van der Waals surface area contributed by atoms with Crippen LogP contribution >= 0.6 is 23.2 Å². The number of nitrogens with zero attached hydrogens (tertiary/aromatic N) is 4. The fourth-order valence-electron chi connectivity index (χ4n) is 2.76. The molecule has 3 aromatic rings. The molecule has 0 saturated carbocycles. The Kier molecular flexibility index (Phi) is 4.77. The smallest absolute Gasteiger partial charge is 0.145 e. The van der Waals surface area contributed by atoms with Crippen molar-refractivity contribution in [2.75, 3.05) is 6.61 Å². The number of fused-ring (bicyclic) bond motifs is 1. The molecule has 0 bridgehead atoms. The number of aromatic nitrogens is 3. The van der Waals surface area contributed by atoms with Crippen LogP contribution in [0.4, 0.5) is 0 Å². The molecule has 1 unspecified atom stereocenters. The van der Waals surface area contributed by atoms with Crippen LogP contribution in [0.3, 0.4) is 0 Å². The van der Waals surface area contributed by atoms with Gasteiger partial charge in [-0.15, -0.1) is 0 Å². The second kappa shape index (κ2) is 7.35. The summed E-state index contributed by atoms with van der Waals surface area (Å²) in [6.07, 6.45) is 3.10. The van der Waals surface area contributed by atoms with Gasteiger partial charge < -0.3 is 9.57 Å². The number of ether oxygens (including phenoxy) is 1. The van der Waals surface area contributed by atoms with Gasteiger partial charge in [0.25, 0.3) is 0 Å². The standard InChI is InChI=1S/C18H14Cl2N4O2/c19-14-5-3-6-15(20)13(14)8-26-23-18-12-4-1-2-7-17(12)25-9-16(18)24-11-21-10-22-24/h1-7,10-11,16H,8-9H2/b23-18-. The molecular weight excluding hydrogens is 375 g/mol. The van der Waals surface area contributed by atoms with E-state index in [4.69, 9.17) is 32.8 Å². The maximum atomic E-state index is 6.19. The SMILES string of the molecule is Clc1cccc(Cl)c1CO/N=C1/c2ccccc2OCC1n1cncn1. The number of rotatable bonds is 4. The summed E-state index contributed by atoms with van der Waals surface area (Å²) in [4.78, 5) is 9.61. The molecule has 0 radical (unpaired) electrons. The summed E-state index contributed by atoms with van der Waals surface area (Å²) in [6, 6.07) is 12.7. The van der Waals surface area contributed by atoms with Gasteiger partial charge in [0.1, 0.15) is 43.4 Å². The van der Waals surface area contributed by atoms with E-state index in [1.54, 1.807) is 29.2 Å². The summed E-state index contributed by atoms with van der Waals surface area (Å²) in [5.74, 6) is 0.752. The summed E-state index contributed by atoms with van der Waals surface area (Å²) < 4.78 is 7.52. The first kappa shape index (κ1) is 16.9. The van der Waals surface area contributed by atoms with Crippen LogP contribution in [0.1, 0.15) is 17.2 Å². The van der Waals surface area contributed by atoms with Crippen LogP contribution in [0.25, 0.3) is 0 Å². The van der Waals surface area contributed by atoms with Crippen LogP contribution in [0.5, 0.6) is 5.75 Å². The van der Waals surface area contributed by atoms with Gasteiger partial charge in [0.05, 0.1) is 0 Å². The van der Waals surface area contributed by atoms with Gasteiger partial charge >= 0.3 is 0 Å². The Morgan fingerprint density at radius 2 is 1.96 bits per heavy atom. The van der Waals surface area contributed by atoms with Gasteiger partial charge in [-0.3, -0.25) is 0 Å². The fourth-order valence-corrected chi connectivity index (χ4v) is 3.26. The van der Waals surface area contributed by atoms with Crippen molar-refractivity contribution < 1.29 is 9.57 Å². The van der Waals surface area contributed by atoms with Crippen LogP contribution in [0.2, 0.25) is 10.0 Å². The number of hydrogen-bond acceptors (Lipinski definition) is 5. The van der Waals surface area contributed by atoms with Crippen LogP contribution in [0.15, 0.2) is 60.3 Å². The molecule has 0 saturated heterocycles. The van der Waals surface area contributed by atoms with E-state index in [-0.39, 0.29) is 12.6 Å². The lowest BCUT2D eigenvalue weighted by molar-refractivity contribution is 0.127. The van der Waals surface area contributed by atoms with Gasteiger partial charge in [-0.05, 0) is 24.3 Å². The molecule has 1 aromatic heterocycles. The minimum Gasteiger partial charge on any atom is -0.490 e. The lowest BCUT2D eigenvalue weighted by Crippen LogP contribution is -2.31. The maximum Gasteiger partial charge on any atom is 0.145 e. The molecule has 1 atom stereocenters. The predicted octanol–water partition coefficient (Wildman–Crippen LogP) is 4.14. The van der Waals surface area contributed by atoms with Crippen LogP contribution in [-0.2, 0) is 11.4 Å². The topological polar surface area (TPSA) is 61.5 Å². The summed E-state index contributed by atoms with van der Waals surface area (Å²) >= 11 is 12.4. The number of benzene rings is 2. The predicted molar refractivity (Wildman–Crippen MR) is 98.8 cm³/mol. The highest BCUT2D eigenvalue weighted by molar-refractivity contribution is 6.35. The van der Waals surface area contributed by atoms with E-state index in [0.717, 1.165) is 11.3 Å². The lowest BCUT2D eigenvalue weighted by atomic mass is 10.0. The van der Waals surface area contributed by atoms with Crippen molar-refractivity contribution in [1.29, 1.82) is 0 Å². The van der Waals surface area contributed by atoms with Crippen molar-refractivity contribution >= 4 is 28.9 Å². The van der Waals surface area contributed by atoms with E-state index in [9.17, 15) is 0 Å². The third-order valence-electron chi connectivity index (χ3n) is 4.06. The maximum absolute atomic E-state index is 6.19. The highest BCUT2D eigenvalue weighted by Crippen LogP contribution is 2.30. The fraction of sp³-hybridized carbons (Fsp3) is 0.167. The van der Waals surface area contributed by atoms with E-state index in [1.807, 2.05) is 24.3 Å². The molecule has 1 aliphatic rings. The molecule has 0 N–H and O–H groups in total. The monoisotopic (exact) mass is 388 g/mol. The van der Waals surface area contributed by atoms with E-state index >= 15 is 0 Å². The van der Waals surface area contributed by atoms with Crippen molar-refractivity contribution in [1.82, 2.24) is 14.8 Å². The Bertz CT molecular complexity index is 924. The third-order valence-corrected chi connectivity index (χ3v) is 4.77. The third kappa shape index (κ3) is 3.25. The molecule has 1 aliphatic heterocycles. The van der Waals surface area contributed by atoms with E-state index in [2.05, 4.69) is 15.2 Å². The van der Waals surface area contributed by atoms with Crippen molar-refractivity contribution in [3.05, 3.63) is 76.3 Å². The van der Waals surface area contributed by atoms with Crippen molar-refractivity contribution in [2.45, 2.75) is 12.6 Å². The molecule has 2 heterocycles. The lowest BCUT2D eigenvalue weighted by Gasteiger charge is -2.26. The van der Waals surface area contributed by atoms with Gasteiger partial charge in [0.2, 0.25) is 0 Å². The average molecular weight is 389 g/mol. The van der Waals surface area contributed by atoms with Gasteiger partial charge in [-0.2, -0.15) is 5.10 Å². The Morgan fingerprint density at radius 1 is 1.15 bits per heavy atom. The first-order chi connectivity index (χ1) is 12.7. The highest BCUT2D eigenvalue weighted by atomic mass is 35.5. The Morgan fingerprint density at radius 3 is 2.73 bits per heavy atom. The quantitative estimate of drug-likeness (QED) is 0.630. The molecule has 0 aliphatic carbocycles. The molecular formula is C18H14Cl2N4O2. The van der Waals surface area contributed by atoms with Crippen LogP contribution in [-0.4, -0.2) is 27.1 Å². The zero-order valence-corrected chi connectivity index (χ0v) is 15.1. The van der Waals surface area contributed by atoms with Crippen molar-refractivity contribution in [2.24, 2.45) is 5.16 Å². The molecule has 4 rings (SSSR count). The average Bonchev–Trinajstić information content (AvgIpc) is 3.18. The first-order valence-corrected chi connectivity index (χ1v) is 8.68. The van der Waals surface area contributed by atoms with E-state index < -0.39 is 0 Å². The van der Waals surface area contributed by atoms with Gasteiger partial charge in [-0.1, -0.05) is 46.6 Å². The summed E-state index contributed by atoms with van der Waals surface area (Å²) in [7, 11) is 0. The second-order valence-electron chi connectivity index (χ2n) is 5.65. The van der Waals surface area contributed by atoms with Crippen molar-refractivity contribution in [3.63, 3.8) is 0 Å². The van der Waals surface area contributed by atoms with Crippen molar-refractivity contribution in [3.8, 4) is 5.75 Å². The van der Waals surface area contributed by atoms with Crippen LogP contribution in [0, 0.1) is 0 Å². The number of halogens is 2. The number of hydrogen-bond donors (Lipinski definition) is 0. The normalized spacial score (nSPS) is 17.6. The second-order valence-corrected chi connectivity index (χ2v) is 6.46. The van der Waals surface area contributed by atoms with E-state index in [1.165, 1.54) is 6.33 Å². The Balaban J connectivity index is 1.65. The Labute approximate surface area is 160 Å². The molecule has 8 heteroatoms. The highest BCUT2D eigenvalue weighted by Gasteiger charge is 2.29. The minimum atomic E-state index is -0.242. The molecule has 6 nitrogen and oxygen atoms in total. The summed E-state index contributed by atoms with van der Waals surface area (Å²) in [6.45, 7) is 0.546. The molecule has 0 fully saturated rings. The van der Waals surface area contributed by atoms with Gasteiger partial charge in [-0.25, -0.2) is 9.67 Å². The zero-order chi connectivity index (χ0) is 17.9. The number of para-hydroxylation sites is 1. The van der Waals surface area contributed by atoms with Gasteiger partial charge in [0, 0.05) is 21.2 Å². The Hall–Kier alpha value is -2.57. The largest absolute Gasteiger partial charge is 0.490 e.